The van der Waals surface area contributed by atoms with E-state index in [2.05, 4.69) is 5.32 Å². The molecule has 82 valence electrons. The number of hydrogen-bond acceptors (Lipinski definition) is 3. The van der Waals surface area contributed by atoms with Crippen LogP contribution in [0.5, 0.6) is 0 Å². The van der Waals surface area contributed by atoms with Crippen LogP contribution in [0.25, 0.3) is 0 Å². The van der Waals surface area contributed by atoms with Gasteiger partial charge in [0.05, 0.1) is 12.6 Å². The Morgan fingerprint density at radius 2 is 2.20 bits per heavy atom. The molecule has 1 saturated carbocycles. The van der Waals surface area contributed by atoms with Crippen molar-refractivity contribution in [1.82, 2.24) is 10.2 Å². The summed E-state index contributed by atoms with van der Waals surface area (Å²) in [4.78, 5) is 24.0. The number of nitrogens with one attached hydrogen (secondary N) is 1. The van der Waals surface area contributed by atoms with Gasteiger partial charge in [0.2, 0.25) is 11.8 Å². The number of nitriles is 1. The van der Waals surface area contributed by atoms with Gasteiger partial charge in [-0.2, -0.15) is 5.26 Å². The van der Waals surface area contributed by atoms with E-state index >= 15 is 0 Å². The van der Waals surface area contributed by atoms with Crippen LogP contribution in [0.3, 0.4) is 0 Å². The fraction of sp³-hybridized carbons (Fsp3) is 0.700. The van der Waals surface area contributed by atoms with Gasteiger partial charge >= 0.3 is 0 Å². The Kier molecular flexibility index (Phi) is 3.67. The number of carbonyl (C=O) groups excluding carboxylic acids is 2. The normalized spacial score (nSPS) is 16.3. The minimum Gasteiger partial charge on any atom is -0.352 e. The maximum atomic E-state index is 11.4. The Hall–Kier alpha value is -1.57. The summed E-state index contributed by atoms with van der Waals surface area (Å²) in [6, 6.07) is 2.15. The lowest BCUT2D eigenvalue weighted by atomic mass is 10.2. The predicted octanol–water partition coefficient (Wildman–Crippen LogP) is -0.117. The van der Waals surface area contributed by atoms with Gasteiger partial charge in [0, 0.05) is 13.1 Å². The Labute approximate surface area is 89.0 Å². The van der Waals surface area contributed by atoms with Gasteiger partial charge in [0.15, 0.2) is 0 Å². The van der Waals surface area contributed by atoms with E-state index in [9.17, 15) is 9.59 Å². The Morgan fingerprint density at radius 1 is 1.60 bits per heavy atom. The van der Waals surface area contributed by atoms with E-state index in [0.29, 0.717) is 6.04 Å². The summed E-state index contributed by atoms with van der Waals surface area (Å²) < 4.78 is 0. The number of rotatable bonds is 4. The molecule has 0 aromatic rings. The maximum Gasteiger partial charge on any atom is 0.239 e. The third-order valence-electron chi connectivity index (χ3n) is 2.26. The third-order valence-corrected chi connectivity index (χ3v) is 2.26. The number of nitrogens with zero attached hydrogens (tertiary/aromatic N) is 2. The summed E-state index contributed by atoms with van der Waals surface area (Å²) in [5.74, 6) is -1.16. The highest BCUT2D eigenvalue weighted by atomic mass is 16.2. The number of carbonyl (C=O) groups is 2. The van der Waals surface area contributed by atoms with Crippen LogP contribution >= 0.6 is 0 Å². The summed E-state index contributed by atoms with van der Waals surface area (Å²) in [6.45, 7) is 1.55. The van der Waals surface area contributed by atoms with Gasteiger partial charge < -0.3 is 10.2 Å². The maximum absolute atomic E-state index is 11.4. The van der Waals surface area contributed by atoms with Gasteiger partial charge in [-0.25, -0.2) is 0 Å². The van der Waals surface area contributed by atoms with E-state index in [4.69, 9.17) is 5.26 Å². The lowest BCUT2D eigenvalue weighted by molar-refractivity contribution is -0.136. The summed E-state index contributed by atoms with van der Waals surface area (Å²) in [7, 11) is 1.53. The van der Waals surface area contributed by atoms with Crippen LogP contribution in [0.4, 0.5) is 0 Å². The molecule has 0 bridgehead atoms. The Balaban J connectivity index is 2.33. The highest BCUT2D eigenvalue weighted by molar-refractivity contribution is 5.86. The molecular formula is C10H15N3O2. The molecule has 0 aliphatic heterocycles. The highest BCUT2D eigenvalue weighted by Crippen LogP contribution is 2.18. The van der Waals surface area contributed by atoms with Crippen molar-refractivity contribution in [2.75, 3.05) is 13.6 Å². The van der Waals surface area contributed by atoms with E-state index in [1.54, 1.807) is 0 Å². The lowest BCUT2D eigenvalue weighted by Crippen LogP contribution is -2.40. The zero-order valence-electron chi connectivity index (χ0n) is 8.99. The summed E-state index contributed by atoms with van der Waals surface area (Å²) >= 11 is 0. The van der Waals surface area contributed by atoms with Crippen LogP contribution in [0.1, 0.15) is 19.8 Å². The van der Waals surface area contributed by atoms with Crippen LogP contribution in [-0.4, -0.2) is 36.3 Å². The van der Waals surface area contributed by atoms with Crippen LogP contribution in [0, 0.1) is 17.2 Å². The molecule has 1 N–H and O–H groups in total. The highest BCUT2D eigenvalue weighted by Gasteiger charge is 2.25. The molecule has 0 radical (unpaired) electrons. The van der Waals surface area contributed by atoms with Gasteiger partial charge in [0.1, 0.15) is 5.92 Å². The van der Waals surface area contributed by atoms with Crippen molar-refractivity contribution in [2.24, 2.45) is 5.92 Å². The number of hydrogen-bond donors (Lipinski definition) is 1. The minimum absolute atomic E-state index is 0.0291. The van der Waals surface area contributed by atoms with Crippen LogP contribution in [-0.2, 0) is 9.59 Å². The second-order valence-electron chi connectivity index (χ2n) is 3.89. The fourth-order valence-corrected chi connectivity index (χ4v) is 1.18. The molecule has 1 fully saturated rings. The second-order valence-corrected chi connectivity index (χ2v) is 3.89. The molecule has 5 nitrogen and oxygen atoms in total. The zero-order chi connectivity index (χ0) is 11.4. The molecule has 0 heterocycles. The van der Waals surface area contributed by atoms with Crippen molar-refractivity contribution >= 4 is 11.8 Å². The second kappa shape index (κ2) is 4.78. The summed E-state index contributed by atoms with van der Waals surface area (Å²) in [5, 5.41) is 11.3. The van der Waals surface area contributed by atoms with Crippen LogP contribution in [0.15, 0.2) is 0 Å². The van der Waals surface area contributed by atoms with E-state index in [-0.39, 0.29) is 18.4 Å². The molecule has 2 amide bonds. The SMILES string of the molecule is CC(C#N)C(=O)N(C)CC(=O)NC1CC1. The van der Waals surface area contributed by atoms with Crippen LogP contribution in [0.2, 0.25) is 0 Å². The van der Waals surface area contributed by atoms with E-state index in [1.165, 1.54) is 18.9 Å². The molecule has 0 spiro atoms. The monoisotopic (exact) mass is 209 g/mol. The largest absolute Gasteiger partial charge is 0.352 e. The van der Waals surface area contributed by atoms with Gasteiger partial charge in [0.25, 0.3) is 0 Å². The molecule has 0 saturated heterocycles. The Morgan fingerprint density at radius 3 is 2.67 bits per heavy atom. The van der Waals surface area contributed by atoms with Crippen molar-refractivity contribution < 1.29 is 9.59 Å². The summed E-state index contributed by atoms with van der Waals surface area (Å²) in [6.07, 6.45) is 2.05. The molecule has 1 rings (SSSR count). The molecule has 5 heteroatoms. The smallest absolute Gasteiger partial charge is 0.239 e. The topological polar surface area (TPSA) is 73.2 Å². The first kappa shape index (κ1) is 11.5. The molecule has 1 atom stereocenters. The number of amides is 2. The molecule has 1 unspecified atom stereocenters. The zero-order valence-corrected chi connectivity index (χ0v) is 8.99. The van der Waals surface area contributed by atoms with E-state index in [1.807, 2.05) is 6.07 Å². The quantitative estimate of drug-likeness (QED) is 0.701. The summed E-state index contributed by atoms with van der Waals surface area (Å²) in [5.41, 5.74) is 0. The van der Waals surface area contributed by atoms with Crippen molar-refractivity contribution in [3.8, 4) is 6.07 Å². The molecular weight excluding hydrogens is 194 g/mol. The molecule has 0 aromatic carbocycles. The van der Waals surface area contributed by atoms with Crippen molar-refractivity contribution in [2.45, 2.75) is 25.8 Å². The first-order valence-electron chi connectivity index (χ1n) is 4.98. The van der Waals surface area contributed by atoms with Gasteiger partial charge in [-0.05, 0) is 19.8 Å². The molecule has 1 aliphatic carbocycles. The predicted molar refractivity (Wildman–Crippen MR) is 53.6 cm³/mol. The molecule has 0 aromatic heterocycles. The van der Waals surface area contributed by atoms with Crippen molar-refractivity contribution in [1.29, 1.82) is 5.26 Å². The van der Waals surface area contributed by atoms with Crippen molar-refractivity contribution in [3.63, 3.8) is 0 Å². The average Bonchev–Trinajstić information content (AvgIpc) is 2.98. The average molecular weight is 209 g/mol. The van der Waals surface area contributed by atoms with Gasteiger partial charge in [-0.3, -0.25) is 9.59 Å². The van der Waals surface area contributed by atoms with E-state index < -0.39 is 5.92 Å². The third kappa shape index (κ3) is 3.58. The first-order valence-corrected chi connectivity index (χ1v) is 4.98. The van der Waals surface area contributed by atoms with E-state index in [0.717, 1.165) is 12.8 Å². The minimum atomic E-state index is -0.691. The lowest BCUT2D eigenvalue weighted by Gasteiger charge is -2.17. The number of likely N-dealkylation sites (N-methyl/N-ethyl adjacent to an activating group) is 1. The molecule has 15 heavy (non-hydrogen) atoms. The first-order chi connectivity index (χ1) is 7.04. The van der Waals surface area contributed by atoms with Gasteiger partial charge in [-0.1, -0.05) is 0 Å². The standard InChI is InChI=1S/C10H15N3O2/c1-7(5-11)10(15)13(2)6-9(14)12-8-3-4-8/h7-8H,3-4,6H2,1-2H3,(H,12,14). The van der Waals surface area contributed by atoms with Gasteiger partial charge in [-0.15, -0.1) is 0 Å². The fourth-order valence-electron chi connectivity index (χ4n) is 1.18. The van der Waals surface area contributed by atoms with Crippen LogP contribution < -0.4 is 5.32 Å². The molecule has 1 aliphatic rings. The Bertz CT molecular complexity index is 304. The van der Waals surface area contributed by atoms with Crippen molar-refractivity contribution in [3.05, 3.63) is 0 Å².